The van der Waals surface area contributed by atoms with E-state index in [-0.39, 0.29) is 0 Å². The van der Waals surface area contributed by atoms with Crippen LogP contribution in [0.3, 0.4) is 0 Å². The smallest absolute Gasteiger partial charge is 0.332 e. The summed E-state index contributed by atoms with van der Waals surface area (Å²) in [6.45, 7) is 1.99. The Hall–Kier alpha value is -1.06. The Balaban J connectivity index is 1.95. The number of urea groups is 1. The van der Waals surface area contributed by atoms with E-state index in [2.05, 4.69) is 10.5 Å². The van der Waals surface area contributed by atoms with Gasteiger partial charge in [-0.05, 0) is 38.0 Å². The molecule has 0 spiro atoms. The molecule has 3 atom stereocenters. The second kappa shape index (κ2) is 3.59. The van der Waals surface area contributed by atoms with E-state index in [1.54, 1.807) is 0 Å². The molecule has 0 heterocycles. The van der Waals surface area contributed by atoms with E-state index < -0.39 is 6.03 Å². The molecular weight excluding hydrogens is 178 g/mol. The largest absolute Gasteiger partial charge is 0.350 e. The summed E-state index contributed by atoms with van der Waals surface area (Å²) in [7, 11) is 0. The highest BCUT2D eigenvalue weighted by Gasteiger charge is 2.40. The van der Waals surface area contributed by atoms with Gasteiger partial charge < -0.3 is 5.73 Å². The van der Waals surface area contributed by atoms with Gasteiger partial charge in [-0.1, -0.05) is 6.42 Å². The first-order chi connectivity index (χ1) is 6.66. The van der Waals surface area contributed by atoms with Gasteiger partial charge in [0.2, 0.25) is 0 Å². The average molecular weight is 195 g/mol. The summed E-state index contributed by atoms with van der Waals surface area (Å²) in [5.41, 5.74) is 8.30. The van der Waals surface area contributed by atoms with Crippen LogP contribution >= 0.6 is 0 Å². The van der Waals surface area contributed by atoms with Crippen LogP contribution in [0.5, 0.6) is 0 Å². The van der Waals surface area contributed by atoms with Crippen LogP contribution in [0.1, 0.15) is 32.6 Å². The summed E-state index contributed by atoms with van der Waals surface area (Å²) >= 11 is 0. The number of hydrogen-bond acceptors (Lipinski definition) is 2. The molecule has 0 aromatic heterocycles. The molecule has 2 bridgehead atoms. The monoisotopic (exact) mass is 195 g/mol. The molecule has 4 heteroatoms. The Morgan fingerprint density at radius 3 is 2.71 bits per heavy atom. The van der Waals surface area contributed by atoms with Crippen molar-refractivity contribution in [1.82, 2.24) is 5.43 Å². The molecule has 2 fully saturated rings. The molecule has 0 aromatic rings. The van der Waals surface area contributed by atoms with Gasteiger partial charge in [-0.25, -0.2) is 10.2 Å². The normalized spacial score (nSPS) is 36.1. The Labute approximate surface area is 83.9 Å². The van der Waals surface area contributed by atoms with Gasteiger partial charge in [0.05, 0.1) is 0 Å². The van der Waals surface area contributed by atoms with Crippen molar-refractivity contribution in [3.05, 3.63) is 0 Å². The number of primary amides is 1. The fourth-order valence-corrected chi connectivity index (χ4v) is 2.98. The highest BCUT2D eigenvalue weighted by Crippen LogP contribution is 2.48. The van der Waals surface area contributed by atoms with E-state index in [4.69, 9.17) is 5.73 Å². The molecule has 0 aromatic carbocycles. The number of carbonyl (C=O) groups is 1. The second-order valence-corrected chi connectivity index (χ2v) is 4.51. The van der Waals surface area contributed by atoms with Crippen molar-refractivity contribution in [2.24, 2.45) is 28.6 Å². The number of carbonyl (C=O) groups excluding carboxylic acids is 1. The lowest BCUT2D eigenvalue weighted by molar-refractivity contribution is 0.249. The molecule has 14 heavy (non-hydrogen) atoms. The topological polar surface area (TPSA) is 67.5 Å². The van der Waals surface area contributed by atoms with Crippen LogP contribution in [-0.4, -0.2) is 11.7 Å². The van der Waals surface area contributed by atoms with Crippen LogP contribution in [0.25, 0.3) is 0 Å². The van der Waals surface area contributed by atoms with E-state index in [0.717, 1.165) is 17.5 Å². The summed E-state index contributed by atoms with van der Waals surface area (Å²) < 4.78 is 0. The maximum Gasteiger partial charge on any atom is 0.332 e. The van der Waals surface area contributed by atoms with Crippen molar-refractivity contribution < 1.29 is 4.79 Å². The minimum absolute atomic E-state index is 0.576. The SMILES string of the molecule is C/C(=N/NC(N)=O)C1CC2CCC1C2. The summed E-state index contributed by atoms with van der Waals surface area (Å²) in [6.07, 6.45) is 5.32. The first-order valence-corrected chi connectivity index (χ1v) is 5.26. The fraction of sp³-hybridized carbons (Fsp3) is 0.800. The quantitative estimate of drug-likeness (QED) is 0.508. The molecule has 3 N–H and O–H groups in total. The van der Waals surface area contributed by atoms with E-state index in [1.165, 1.54) is 25.7 Å². The van der Waals surface area contributed by atoms with Crippen LogP contribution in [0, 0.1) is 17.8 Å². The van der Waals surface area contributed by atoms with Gasteiger partial charge in [0.25, 0.3) is 0 Å². The average Bonchev–Trinajstić information content (AvgIpc) is 2.74. The lowest BCUT2D eigenvalue weighted by atomic mass is 9.86. The Kier molecular flexibility index (Phi) is 2.44. The van der Waals surface area contributed by atoms with Gasteiger partial charge in [-0.3, -0.25) is 0 Å². The van der Waals surface area contributed by atoms with Crippen molar-refractivity contribution in [2.45, 2.75) is 32.6 Å². The Bertz CT molecular complexity index is 275. The van der Waals surface area contributed by atoms with Crippen LogP contribution in [0.4, 0.5) is 4.79 Å². The highest BCUT2D eigenvalue weighted by atomic mass is 16.2. The number of hydrazone groups is 1. The van der Waals surface area contributed by atoms with E-state index in [1.807, 2.05) is 6.92 Å². The zero-order valence-electron chi connectivity index (χ0n) is 8.49. The first-order valence-electron chi connectivity index (χ1n) is 5.26. The molecule has 0 radical (unpaired) electrons. The summed E-state index contributed by atoms with van der Waals surface area (Å²) in [5.74, 6) is 2.29. The molecule has 3 unspecified atom stereocenters. The van der Waals surface area contributed by atoms with Crippen molar-refractivity contribution in [2.75, 3.05) is 0 Å². The van der Waals surface area contributed by atoms with Gasteiger partial charge >= 0.3 is 6.03 Å². The number of amides is 2. The molecule has 0 saturated heterocycles. The molecule has 2 aliphatic rings. The summed E-state index contributed by atoms with van der Waals surface area (Å²) in [5, 5.41) is 4.02. The first kappa shape index (κ1) is 9.49. The third-order valence-electron chi connectivity index (χ3n) is 3.62. The predicted octanol–water partition coefficient (Wildman–Crippen LogP) is 1.47. The van der Waals surface area contributed by atoms with Crippen molar-refractivity contribution in [3.63, 3.8) is 0 Å². The van der Waals surface area contributed by atoms with Crippen LogP contribution in [-0.2, 0) is 0 Å². The minimum Gasteiger partial charge on any atom is -0.350 e. The molecule has 2 amide bonds. The fourth-order valence-electron chi connectivity index (χ4n) is 2.98. The van der Waals surface area contributed by atoms with Gasteiger partial charge in [0, 0.05) is 11.6 Å². The Morgan fingerprint density at radius 1 is 1.43 bits per heavy atom. The number of nitrogens with two attached hydrogens (primary N) is 1. The lowest BCUT2D eigenvalue weighted by Gasteiger charge is -2.20. The standard InChI is InChI=1S/C10H17N3O/c1-6(12-13-10(11)14)9-5-7-2-3-8(9)4-7/h7-9H,2-5H2,1H3,(H3,11,13,14)/b12-6-. The van der Waals surface area contributed by atoms with Crippen LogP contribution in [0.15, 0.2) is 5.10 Å². The number of fused-ring (bicyclic) bond motifs is 2. The highest BCUT2D eigenvalue weighted by molar-refractivity contribution is 5.86. The number of rotatable bonds is 2. The number of nitrogens with one attached hydrogen (secondary N) is 1. The molecule has 2 saturated carbocycles. The van der Waals surface area contributed by atoms with Gasteiger partial charge in [0.15, 0.2) is 0 Å². The van der Waals surface area contributed by atoms with E-state index in [9.17, 15) is 4.79 Å². The van der Waals surface area contributed by atoms with Crippen molar-refractivity contribution in [1.29, 1.82) is 0 Å². The third-order valence-corrected chi connectivity index (χ3v) is 3.62. The predicted molar refractivity (Wildman–Crippen MR) is 54.8 cm³/mol. The molecule has 4 nitrogen and oxygen atoms in total. The number of nitrogens with zero attached hydrogens (tertiary/aromatic N) is 1. The van der Waals surface area contributed by atoms with Gasteiger partial charge in [0.1, 0.15) is 0 Å². The maximum absolute atomic E-state index is 10.5. The van der Waals surface area contributed by atoms with E-state index in [0.29, 0.717) is 5.92 Å². The van der Waals surface area contributed by atoms with Gasteiger partial charge in [-0.2, -0.15) is 5.10 Å². The molecule has 2 aliphatic carbocycles. The molecule has 2 rings (SSSR count). The van der Waals surface area contributed by atoms with Gasteiger partial charge in [-0.15, -0.1) is 0 Å². The van der Waals surface area contributed by atoms with Crippen LogP contribution < -0.4 is 11.2 Å². The zero-order valence-corrected chi connectivity index (χ0v) is 8.49. The molecule has 78 valence electrons. The second-order valence-electron chi connectivity index (χ2n) is 4.51. The minimum atomic E-state index is -0.576. The van der Waals surface area contributed by atoms with E-state index >= 15 is 0 Å². The third kappa shape index (κ3) is 1.74. The van der Waals surface area contributed by atoms with Crippen LogP contribution in [0.2, 0.25) is 0 Å². The van der Waals surface area contributed by atoms with Crippen molar-refractivity contribution in [3.8, 4) is 0 Å². The summed E-state index contributed by atoms with van der Waals surface area (Å²) in [4.78, 5) is 10.5. The lowest BCUT2D eigenvalue weighted by Crippen LogP contribution is -2.28. The molecular formula is C10H17N3O. The Morgan fingerprint density at radius 2 is 2.21 bits per heavy atom. The summed E-state index contributed by atoms with van der Waals surface area (Å²) in [6, 6.07) is -0.576. The zero-order chi connectivity index (χ0) is 10.1. The maximum atomic E-state index is 10.5. The van der Waals surface area contributed by atoms with Crippen molar-refractivity contribution >= 4 is 11.7 Å². The number of hydrogen-bond donors (Lipinski definition) is 2. The molecule has 0 aliphatic heterocycles.